The molecule has 0 heterocycles. The van der Waals surface area contributed by atoms with Crippen molar-refractivity contribution in [3.05, 3.63) is 65.2 Å². The smallest absolute Gasteiger partial charge is 0.0991 e. The normalized spacial score (nSPS) is 11.1. The summed E-state index contributed by atoms with van der Waals surface area (Å²) in [6, 6.07) is 18.7. The number of hydrogen-bond donors (Lipinski definition) is 0. The van der Waals surface area contributed by atoms with E-state index in [0.717, 1.165) is 11.3 Å². The Morgan fingerprint density at radius 1 is 1.05 bits per heavy atom. The van der Waals surface area contributed by atoms with Crippen molar-refractivity contribution in [1.29, 1.82) is 5.26 Å². The third-order valence-electron chi connectivity index (χ3n) is 3.18. The molecule has 0 fully saturated rings. The maximum atomic E-state index is 8.90. The van der Waals surface area contributed by atoms with E-state index < -0.39 is 0 Å². The Balaban J connectivity index is 2.02. The van der Waals surface area contributed by atoms with Gasteiger partial charge >= 0.3 is 0 Å². The molecule has 0 N–H and O–H groups in total. The molecule has 0 spiro atoms. The summed E-state index contributed by atoms with van der Waals surface area (Å²) in [6.07, 6.45) is 0. The lowest BCUT2D eigenvalue weighted by Gasteiger charge is -2.19. The Kier molecular flexibility index (Phi) is 4.52. The fourth-order valence-corrected chi connectivity index (χ4v) is 2.79. The minimum absolute atomic E-state index is 0.199. The molecule has 2 rings (SSSR count). The van der Waals surface area contributed by atoms with E-state index in [4.69, 9.17) is 5.26 Å². The molecule has 0 aliphatic carbocycles. The SMILES string of the molecule is CC(C)(C)c1ccc(SCc2cccc(C#N)c2)cc1. The highest BCUT2D eigenvalue weighted by molar-refractivity contribution is 7.98. The third-order valence-corrected chi connectivity index (χ3v) is 4.27. The van der Waals surface area contributed by atoms with E-state index in [-0.39, 0.29) is 5.41 Å². The number of benzene rings is 2. The summed E-state index contributed by atoms with van der Waals surface area (Å²) in [4.78, 5) is 1.26. The molecule has 0 saturated heterocycles. The molecule has 2 aromatic carbocycles. The van der Waals surface area contributed by atoms with Gasteiger partial charge in [0.25, 0.3) is 0 Å². The zero-order chi connectivity index (χ0) is 14.6. The van der Waals surface area contributed by atoms with Crippen LogP contribution in [0.4, 0.5) is 0 Å². The van der Waals surface area contributed by atoms with Crippen LogP contribution in [0, 0.1) is 11.3 Å². The van der Waals surface area contributed by atoms with E-state index in [1.165, 1.54) is 16.0 Å². The molecular formula is C18H19NS. The predicted molar refractivity (Wildman–Crippen MR) is 85.9 cm³/mol. The molecular weight excluding hydrogens is 262 g/mol. The molecule has 2 aromatic rings. The van der Waals surface area contributed by atoms with Gasteiger partial charge in [0.1, 0.15) is 0 Å². The predicted octanol–water partition coefficient (Wildman–Crippen LogP) is 5.15. The van der Waals surface area contributed by atoms with Crippen LogP contribution in [0.25, 0.3) is 0 Å². The molecule has 0 aliphatic heterocycles. The minimum Gasteiger partial charge on any atom is -0.192 e. The Morgan fingerprint density at radius 3 is 2.35 bits per heavy atom. The Hall–Kier alpha value is -1.72. The number of nitrogens with zero attached hydrogens (tertiary/aromatic N) is 1. The van der Waals surface area contributed by atoms with Gasteiger partial charge in [-0.25, -0.2) is 0 Å². The second kappa shape index (κ2) is 6.15. The minimum atomic E-state index is 0.199. The van der Waals surface area contributed by atoms with Crippen LogP contribution < -0.4 is 0 Å². The van der Waals surface area contributed by atoms with Gasteiger partial charge in [-0.1, -0.05) is 45.0 Å². The molecule has 0 radical (unpaired) electrons. The van der Waals surface area contributed by atoms with Crippen LogP contribution in [-0.2, 0) is 11.2 Å². The lowest BCUT2D eigenvalue weighted by molar-refractivity contribution is 0.590. The summed E-state index contributed by atoms with van der Waals surface area (Å²) in [5, 5.41) is 8.90. The summed E-state index contributed by atoms with van der Waals surface area (Å²) in [6.45, 7) is 6.67. The topological polar surface area (TPSA) is 23.8 Å². The molecule has 0 bridgehead atoms. The molecule has 20 heavy (non-hydrogen) atoms. The van der Waals surface area contributed by atoms with E-state index in [1.807, 2.05) is 18.2 Å². The van der Waals surface area contributed by atoms with Crippen LogP contribution in [0.3, 0.4) is 0 Å². The maximum Gasteiger partial charge on any atom is 0.0991 e. The summed E-state index contributed by atoms with van der Waals surface area (Å²) in [5.74, 6) is 0.893. The fraction of sp³-hybridized carbons (Fsp3) is 0.278. The van der Waals surface area contributed by atoms with Gasteiger partial charge in [-0.2, -0.15) is 5.26 Å². The van der Waals surface area contributed by atoms with Gasteiger partial charge in [0.15, 0.2) is 0 Å². The number of rotatable bonds is 3. The molecule has 0 unspecified atom stereocenters. The highest BCUT2D eigenvalue weighted by Crippen LogP contribution is 2.27. The molecule has 0 aliphatic rings. The Morgan fingerprint density at radius 2 is 1.75 bits per heavy atom. The van der Waals surface area contributed by atoms with Gasteiger partial charge in [-0.15, -0.1) is 11.8 Å². The van der Waals surface area contributed by atoms with E-state index in [9.17, 15) is 0 Å². The van der Waals surface area contributed by atoms with Gasteiger partial charge in [-0.3, -0.25) is 0 Å². The van der Waals surface area contributed by atoms with Gasteiger partial charge in [0, 0.05) is 10.6 Å². The van der Waals surface area contributed by atoms with Crippen molar-refractivity contribution in [2.24, 2.45) is 0 Å². The lowest BCUT2D eigenvalue weighted by atomic mass is 9.87. The molecule has 0 atom stereocenters. The molecule has 2 heteroatoms. The summed E-state index contributed by atoms with van der Waals surface area (Å²) in [7, 11) is 0. The van der Waals surface area contributed by atoms with Gasteiger partial charge in [-0.05, 0) is 40.8 Å². The van der Waals surface area contributed by atoms with Crippen LogP contribution in [-0.4, -0.2) is 0 Å². The van der Waals surface area contributed by atoms with Crippen molar-refractivity contribution >= 4 is 11.8 Å². The fourth-order valence-electron chi connectivity index (χ4n) is 1.95. The zero-order valence-corrected chi connectivity index (χ0v) is 13.0. The van der Waals surface area contributed by atoms with E-state index in [1.54, 1.807) is 11.8 Å². The quantitative estimate of drug-likeness (QED) is 0.727. The largest absolute Gasteiger partial charge is 0.192 e. The van der Waals surface area contributed by atoms with Crippen LogP contribution in [0.1, 0.15) is 37.5 Å². The summed E-state index contributed by atoms with van der Waals surface area (Å²) in [5.41, 5.74) is 3.47. The first-order valence-electron chi connectivity index (χ1n) is 6.71. The number of hydrogen-bond acceptors (Lipinski definition) is 2. The Bertz CT molecular complexity index is 615. The molecule has 0 amide bonds. The molecule has 0 aromatic heterocycles. The second-order valence-corrected chi connectivity index (χ2v) is 6.92. The van der Waals surface area contributed by atoms with Crippen LogP contribution in [0.5, 0.6) is 0 Å². The van der Waals surface area contributed by atoms with E-state index in [2.05, 4.69) is 57.2 Å². The van der Waals surface area contributed by atoms with Crippen LogP contribution >= 0.6 is 11.8 Å². The van der Waals surface area contributed by atoms with E-state index >= 15 is 0 Å². The number of nitriles is 1. The average molecular weight is 281 g/mol. The van der Waals surface area contributed by atoms with Crippen molar-refractivity contribution in [2.45, 2.75) is 36.8 Å². The standard InChI is InChI=1S/C18H19NS/c1-18(2,3)16-7-9-17(10-8-16)20-13-15-6-4-5-14(11-15)12-19/h4-11H,13H2,1-3H3. The third kappa shape index (κ3) is 3.88. The van der Waals surface area contributed by atoms with Gasteiger partial charge in [0.05, 0.1) is 11.6 Å². The first-order valence-corrected chi connectivity index (χ1v) is 7.70. The molecule has 102 valence electrons. The van der Waals surface area contributed by atoms with Crippen LogP contribution in [0.15, 0.2) is 53.4 Å². The van der Waals surface area contributed by atoms with Crippen molar-refractivity contribution in [3.63, 3.8) is 0 Å². The van der Waals surface area contributed by atoms with Crippen molar-refractivity contribution in [2.75, 3.05) is 0 Å². The lowest BCUT2D eigenvalue weighted by Crippen LogP contribution is -2.10. The number of thioether (sulfide) groups is 1. The van der Waals surface area contributed by atoms with Gasteiger partial charge < -0.3 is 0 Å². The van der Waals surface area contributed by atoms with Crippen molar-refractivity contribution < 1.29 is 0 Å². The van der Waals surface area contributed by atoms with Gasteiger partial charge in [0.2, 0.25) is 0 Å². The van der Waals surface area contributed by atoms with E-state index in [0.29, 0.717) is 0 Å². The van der Waals surface area contributed by atoms with Crippen molar-refractivity contribution in [1.82, 2.24) is 0 Å². The zero-order valence-electron chi connectivity index (χ0n) is 12.2. The maximum absolute atomic E-state index is 8.90. The molecule has 0 saturated carbocycles. The summed E-state index contributed by atoms with van der Waals surface area (Å²) < 4.78 is 0. The Labute approximate surface area is 125 Å². The first kappa shape index (κ1) is 14.7. The second-order valence-electron chi connectivity index (χ2n) is 5.88. The molecule has 1 nitrogen and oxygen atoms in total. The highest BCUT2D eigenvalue weighted by Gasteiger charge is 2.12. The summed E-state index contributed by atoms with van der Waals surface area (Å²) >= 11 is 1.80. The first-order chi connectivity index (χ1) is 9.49. The average Bonchev–Trinajstić information content (AvgIpc) is 2.45. The monoisotopic (exact) mass is 281 g/mol. The van der Waals surface area contributed by atoms with Crippen LogP contribution in [0.2, 0.25) is 0 Å². The highest BCUT2D eigenvalue weighted by atomic mass is 32.2. The van der Waals surface area contributed by atoms with Crippen molar-refractivity contribution in [3.8, 4) is 6.07 Å².